The smallest absolute Gasteiger partial charge is 0.0555 e. The standard InChI is InChI=1S/C18H27N3/c1-20(2)18(11-5-12-18)15-21(3)14-17-9-7-16(8-10-17)6-4-13-19/h7-10H,5,11-15,19H2,1-3H3. The van der Waals surface area contributed by atoms with Gasteiger partial charge in [0, 0.05) is 24.2 Å². The van der Waals surface area contributed by atoms with Crippen LogP contribution in [0.2, 0.25) is 0 Å². The largest absolute Gasteiger partial charge is 0.320 e. The first-order valence-electron chi connectivity index (χ1n) is 7.70. The van der Waals surface area contributed by atoms with E-state index in [1.165, 1.54) is 24.8 Å². The topological polar surface area (TPSA) is 32.5 Å². The Bertz CT molecular complexity index is 504. The van der Waals surface area contributed by atoms with Gasteiger partial charge in [-0.25, -0.2) is 0 Å². The number of rotatable bonds is 5. The normalized spacial score (nSPS) is 16.5. The second-order valence-corrected chi connectivity index (χ2v) is 6.35. The molecule has 0 aliphatic heterocycles. The van der Waals surface area contributed by atoms with Gasteiger partial charge in [-0.15, -0.1) is 0 Å². The predicted molar refractivity (Wildman–Crippen MR) is 89.0 cm³/mol. The van der Waals surface area contributed by atoms with E-state index in [4.69, 9.17) is 5.73 Å². The highest BCUT2D eigenvalue weighted by molar-refractivity contribution is 5.36. The van der Waals surface area contributed by atoms with Crippen LogP contribution in [0.1, 0.15) is 30.4 Å². The number of nitrogens with zero attached hydrogens (tertiary/aromatic N) is 2. The van der Waals surface area contributed by atoms with Crippen LogP contribution in [0.5, 0.6) is 0 Å². The maximum absolute atomic E-state index is 5.39. The molecular formula is C18H27N3. The Labute approximate surface area is 129 Å². The Hall–Kier alpha value is -1.34. The van der Waals surface area contributed by atoms with Crippen molar-refractivity contribution < 1.29 is 0 Å². The van der Waals surface area contributed by atoms with Gasteiger partial charge < -0.3 is 15.5 Å². The first-order chi connectivity index (χ1) is 10.1. The highest BCUT2D eigenvalue weighted by atomic mass is 15.2. The van der Waals surface area contributed by atoms with E-state index in [1.807, 2.05) is 0 Å². The van der Waals surface area contributed by atoms with E-state index in [0.29, 0.717) is 12.1 Å². The third kappa shape index (κ3) is 4.07. The van der Waals surface area contributed by atoms with Gasteiger partial charge in [0.1, 0.15) is 0 Å². The van der Waals surface area contributed by atoms with Crippen molar-refractivity contribution >= 4 is 0 Å². The van der Waals surface area contributed by atoms with Crippen LogP contribution in [0.3, 0.4) is 0 Å². The zero-order chi connectivity index (χ0) is 15.3. The average Bonchev–Trinajstić information content (AvgIpc) is 2.41. The van der Waals surface area contributed by atoms with Gasteiger partial charge in [0.15, 0.2) is 0 Å². The molecule has 1 aliphatic carbocycles. The molecule has 0 unspecified atom stereocenters. The lowest BCUT2D eigenvalue weighted by Crippen LogP contribution is -2.56. The molecule has 0 radical (unpaired) electrons. The molecule has 21 heavy (non-hydrogen) atoms. The molecule has 0 bridgehead atoms. The van der Waals surface area contributed by atoms with Gasteiger partial charge in [-0.05, 0) is 58.1 Å². The van der Waals surface area contributed by atoms with Crippen molar-refractivity contribution in [2.45, 2.75) is 31.3 Å². The summed E-state index contributed by atoms with van der Waals surface area (Å²) < 4.78 is 0. The van der Waals surface area contributed by atoms with Gasteiger partial charge in [-0.3, -0.25) is 0 Å². The summed E-state index contributed by atoms with van der Waals surface area (Å²) in [6, 6.07) is 8.49. The second kappa shape index (κ2) is 7.09. The zero-order valence-electron chi connectivity index (χ0n) is 13.5. The van der Waals surface area contributed by atoms with Crippen LogP contribution in [0.25, 0.3) is 0 Å². The highest BCUT2D eigenvalue weighted by Crippen LogP contribution is 2.36. The maximum atomic E-state index is 5.39. The molecule has 114 valence electrons. The van der Waals surface area contributed by atoms with Crippen LogP contribution in [-0.4, -0.2) is 49.6 Å². The van der Waals surface area contributed by atoms with Gasteiger partial charge in [0.05, 0.1) is 6.54 Å². The van der Waals surface area contributed by atoms with Crippen LogP contribution in [0, 0.1) is 11.8 Å². The number of hydrogen-bond acceptors (Lipinski definition) is 3. The van der Waals surface area contributed by atoms with Gasteiger partial charge >= 0.3 is 0 Å². The Morgan fingerprint density at radius 3 is 2.29 bits per heavy atom. The van der Waals surface area contributed by atoms with Crippen molar-refractivity contribution in [3.05, 3.63) is 35.4 Å². The van der Waals surface area contributed by atoms with Crippen molar-refractivity contribution in [1.29, 1.82) is 0 Å². The molecule has 0 amide bonds. The second-order valence-electron chi connectivity index (χ2n) is 6.35. The molecule has 2 N–H and O–H groups in total. The van der Waals surface area contributed by atoms with E-state index >= 15 is 0 Å². The number of likely N-dealkylation sites (N-methyl/N-ethyl adjacent to an activating group) is 2. The Morgan fingerprint density at radius 2 is 1.81 bits per heavy atom. The van der Waals surface area contributed by atoms with Crippen molar-refractivity contribution in [2.75, 3.05) is 34.2 Å². The van der Waals surface area contributed by atoms with Crippen molar-refractivity contribution in [3.8, 4) is 11.8 Å². The molecule has 0 saturated heterocycles. The monoisotopic (exact) mass is 285 g/mol. The Kier molecular flexibility index (Phi) is 5.41. The summed E-state index contributed by atoms with van der Waals surface area (Å²) >= 11 is 0. The molecule has 3 heteroatoms. The molecule has 1 saturated carbocycles. The van der Waals surface area contributed by atoms with Crippen molar-refractivity contribution in [1.82, 2.24) is 9.80 Å². The maximum Gasteiger partial charge on any atom is 0.0555 e. The van der Waals surface area contributed by atoms with Crippen LogP contribution in [-0.2, 0) is 6.54 Å². The van der Waals surface area contributed by atoms with Crippen LogP contribution < -0.4 is 5.73 Å². The van der Waals surface area contributed by atoms with Gasteiger partial charge in [0.2, 0.25) is 0 Å². The molecule has 1 aliphatic rings. The summed E-state index contributed by atoms with van der Waals surface area (Å²) in [5.74, 6) is 5.95. The lowest BCUT2D eigenvalue weighted by molar-refractivity contribution is 0.0259. The van der Waals surface area contributed by atoms with Crippen LogP contribution >= 0.6 is 0 Å². The highest BCUT2D eigenvalue weighted by Gasteiger charge is 2.39. The summed E-state index contributed by atoms with van der Waals surface area (Å²) in [5, 5.41) is 0. The van der Waals surface area contributed by atoms with E-state index in [-0.39, 0.29) is 0 Å². The minimum absolute atomic E-state index is 0.390. The van der Waals surface area contributed by atoms with E-state index in [0.717, 1.165) is 18.7 Å². The molecule has 0 atom stereocenters. The Balaban J connectivity index is 1.92. The first-order valence-corrected chi connectivity index (χ1v) is 7.70. The third-order valence-electron chi connectivity index (χ3n) is 4.54. The molecule has 0 aromatic heterocycles. The van der Waals surface area contributed by atoms with Gasteiger partial charge in [-0.1, -0.05) is 24.0 Å². The molecule has 0 spiro atoms. The fourth-order valence-corrected chi connectivity index (χ4v) is 3.05. The minimum atomic E-state index is 0.390. The molecule has 2 rings (SSSR count). The number of nitrogens with two attached hydrogens (primary N) is 1. The summed E-state index contributed by atoms with van der Waals surface area (Å²) in [4.78, 5) is 4.83. The summed E-state index contributed by atoms with van der Waals surface area (Å²) in [7, 11) is 6.63. The van der Waals surface area contributed by atoms with Crippen molar-refractivity contribution in [3.63, 3.8) is 0 Å². The van der Waals surface area contributed by atoms with E-state index < -0.39 is 0 Å². The molecule has 1 fully saturated rings. The van der Waals surface area contributed by atoms with Gasteiger partial charge in [-0.2, -0.15) is 0 Å². The molecule has 1 aromatic rings. The van der Waals surface area contributed by atoms with Crippen molar-refractivity contribution in [2.24, 2.45) is 5.73 Å². The lowest BCUT2D eigenvalue weighted by atomic mass is 9.75. The zero-order valence-corrected chi connectivity index (χ0v) is 13.5. The molecule has 3 nitrogen and oxygen atoms in total. The summed E-state index contributed by atoms with van der Waals surface area (Å²) in [5.41, 5.74) is 8.15. The fraction of sp³-hybridized carbons (Fsp3) is 0.556. The Morgan fingerprint density at radius 1 is 1.14 bits per heavy atom. The summed E-state index contributed by atoms with van der Waals surface area (Å²) in [6.45, 7) is 2.53. The first kappa shape index (κ1) is 16.0. The molecular weight excluding hydrogens is 258 g/mol. The summed E-state index contributed by atoms with van der Waals surface area (Å²) in [6.07, 6.45) is 4.00. The van der Waals surface area contributed by atoms with Crippen LogP contribution in [0.15, 0.2) is 24.3 Å². The SMILES string of the molecule is CN(Cc1ccc(C#CCN)cc1)CC1(N(C)C)CCC1. The number of benzene rings is 1. The molecule has 1 aromatic carbocycles. The van der Waals surface area contributed by atoms with E-state index in [9.17, 15) is 0 Å². The van der Waals surface area contributed by atoms with Gasteiger partial charge in [0.25, 0.3) is 0 Å². The predicted octanol–water partition coefficient (Wildman–Crippen LogP) is 1.91. The average molecular weight is 285 g/mol. The van der Waals surface area contributed by atoms with Crippen LogP contribution in [0.4, 0.5) is 0 Å². The minimum Gasteiger partial charge on any atom is -0.320 e. The molecule has 0 heterocycles. The van der Waals surface area contributed by atoms with E-state index in [2.05, 4.69) is 67.0 Å². The van der Waals surface area contributed by atoms with E-state index in [1.54, 1.807) is 0 Å². The quantitative estimate of drug-likeness (QED) is 0.839. The third-order valence-corrected chi connectivity index (χ3v) is 4.54. The number of hydrogen-bond donors (Lipinski definition) is 1. The lowest BCUT2D eigenvalue weighted by Gasteiger charge is -2.49. The fourth-order valence-electron chi connectivity index (χ4n) is 3.05.